The van der Waals surface area contributed by atoms with Crippen molar-refractivity contribution in [1.82, 2.24) is 30.1 Å². The van der Waals surface area contributed by atoms with Gasteiger partial charge in [0.1, 0.15) is 5.82 Å². The van der Waals surface area contributed by atoms with Crippen molar-refractivity contribution in [3.8, 4) is 0 Å². The van der Waals surface area contributed by atoms with Crippen LogP contribution in [0.1, 0.15) is 37.1 Å². The van der Waals surface area contributed by atoms with Crippen LogP contribution in [0.4, 0.5) is 0 Å². The monoisotopic (exact) mass is 396 g/mol. The van der Waals surface area contributed by atoms with Gasteiger partial charge >= 0.3 is 0 Å². The Morgan fingerprint density at radius 3 is 2.72 bits per heavy atom. The van der Waals surface area contributed by atoms with Crippen LogP contribution in [0.15, 0.2) is 36.9 Å². The highest BCUT2D eigenvalue weighted by Crippen LogP contribution is 2.24. The van der Waals surface area contributed by atoms with Crippen LogP contribution in [-0.4, -0.2) is 69.4 Å². The van der Waals surface area contributed by atoms with Crippen LogP contribution in [0.3, 0.4) is 0 Å². The highest BCUT2D eigenvalue weighted by atomic mass is 16.1. The molecule has 0 bridgehead atoms. The summed E-state index contributed by atoms with van der Waals surface area (Å²) in [4.78, 5) is 29.1. The molecule has 7 nitrogen and oxygen atoms in total. The smallest absolute Gasteiger partial charge is 0.224 e. The van der Waals surface area contributed by atoms with Gasteiger partial charge in [-0.15, -0.1) is 0 Å². The van der Waals surface area contributed by atoms with E-state index in [1.165, 1.54) is 18.4 Å². The quantitative estimate of drug-likeness (QED) is 0.747. The fourth-order valence-electron chi connectivity index (χ4n) is 4.62. The summed E-state index contributed by atoms with van der Waals surface area (Å²) in [5.41, 5.74) is 1.34. The summed E-state index contributed by atoms with van der Waals surface area (Å²) in [6.45, 7) is 5.95. The molecule has 4 rings (SSSR count). The summed E-state index contributed by atoms with van der Waals surface area (Å²) in [5, 5.41) is 3.11. The van der Waals surface area contributed by atoms with E-state index >= 15 is 0 Å². The van der Waals surface area contributed by atoms with E-state index < -0.39 is 0 Å². The number of pyridine rings is 1. The minimum atomic E-state index is 0.121. The van der Waals surface area contributed by atoms with Gasteiger partial charge < -0.3 is 10.3 Å². The molecule has 0 unspecified atom stereocenters. The standard InChI is InChI=1S/C22H32N6O/c29-22(26-10-5-21-24-11-12-25-21)19-2-1-13-28(17-19)20-6-14-27(15-7-20)16-18-3-8-23-9-4-18/h3-4,8-9,11-12,19-20H,1-2,5-7,10,13-17H2,(H,24,25)(H,26,29)/t19-/m1/s1. The lowest BCUT2D eigenvalue weighted by atomic mass is 9.93. The fourth-order valence-corrected chi connectivity index (χ4v) is 4.62. The van der Waals surface area contributed by atoms with Crippen molar-refractivity contribution in [3.63, 3.8) is 0 Å². The van der Waals surface area contributed by atoms with Crippen molar-refractivity contribution < 1.29 is 4.79 Å². The molecule has 2 N–H and O–H groups in total. The molecule has 156 valence electrons. The summed E-state index contributed by atoms with van der Waals surface area (Å²) in [7, 11) is 0. The maximum absolute atomic E-state index is 12.6. The Hall–Kier alpha value is -2.25. The number of piperidine rings is 2. The van der Waals surface area contributed by atoms with Gasteiger partial charge in [0, 0.05) is 56.9 Å². The summed E-state index contributed by atoms with van der Waals surface area (Å²) in [5.74, 6) is 1.25. The highest BCUT2D eigenvalue weighted by Gasteiger charge is 2.31. The average molecular weight is 397 g/mol. The average Bonchev–Trinajstić information content (AvgIpc) is 3.29. The number of aromatic nitrogens is 3. The van der Waals surface area contributed by atoms with Gasteiger partial charge in [-0.3, -0.25) is 19.6 Å². The first-order chi connectivity index (χ1) is 14.3. The number of carbonyl (C=O) groups is 1. The van der Waals surface area contributed by atoms with Crippen LogP contribution in [0.2, 0.25) is 0 Å². The molecule has 2 saturated heterocycles. The second kappa shape index (κ2) is 9.98. The molecule has 2 aliphatic rings. The van der Waals surface area contributed by atoms with E-state index in [9.17, 15) is 4.79 Å². The van der Waals surface area contributed by atoms with E-state index in [0.717, 1.165) is 57.8 Å². The maximum Gasteiger partial charge on any atom is 0.224 e. The Morgan fingerprint density at radius 1 is 1.14 bits per heavy atom. The number of likely N-dealkylation sites (tertiary alicyclic amines) is 2. The van der Waals surface area contributed by atoms with E-state index in [-0.39, 0.29) is 11.8 Å². The molecule has 2 aromatic rings. The molecule has 0 saturated carbocycles. The van der Waals surface area contributed by atoms with Crippen LogP contribution >= 0.6 is 0 Å². The summed E-state index contributed by atoms with van der Waals surface area (Å²) in [6, 6.07) is 4.82. The fraction of sp³-hybridized carbons (Fsp3) is 0.591. The first-order valence-electron chi connectivity index (χ1n) is 10.9. The molecule has 1 atom stereocenters. The number of amides is 1. The molecule has 2 fully saturated rings. The van der Waals surface area contributed by atoms with Crippen molar-refractivity contribution in [2.45, 2.75) is 44.7 Å². The number of aromatic amines is 1. The van der Waals surface area contributed by atoms with E-state index in [1.54, 1.807) is 6.20 Å². The molecule has 0 aromatic carbocycles. The number of hydrogen-bond acceptors (Lipinski definition) is 5. The topological polar surface area (TPSA) is 77.2 Å². The number of H-pyrrole nitrogens is 1. The van der Waals surface area contributed by atoms with Crippen LogP contribution in [0.25, 0.3) is 0 Å². The van der Waals surface area contributed by atoms with Gasteiger partial charge in [-0.1, -0.05) is 0 Å². The van der Waals surface area contributed by atoms with Crippen LogP contribution in [-0.2, 0) is 17.8 Å². The Balaban J connectivity index is 1.20. The van der Waals surface area contributed by atoms with Gasteiger partial charge in [0.15, 0.2) is 0 Å². The maximum atomic E-state index is 12.6. The summed E-state index contributed by atoms with van der Waals surface area (Å²) < 4.78 is 0. The zero-order valence-electron chi connectivity index (χ0n) is 17.1. The molecule has 0 aliphatic carbocycles. The van der Waals surface area contributed by atoms with E-state index in [2.05, 4.69) is 42.2 Å². The number of imidazole rings is 1. The highest BCUT2D eigenvalue weighted by molar-refractivity contribution is 5.78. The molecule has 29 heavy (non-hydrogen) atoms. The molecule has 2 aliphatic heterocycles. The Morgan fingerprint density at radius 2 is 1.97 bits per heavy atom. The molecular weight excluding hydrogens is 364 g/mol. The molecule has 7 heteroatoms. The third-order valence-corrected chi connectivity index (χ3v) is 6.27. The van der Waals surface area contributed by atoms with Crippen molar-refractivity contribution in [1.29, 1.82) is 0 Å². The van der Waals surface area contributed by atoms with Crippen LogP contribution < -0.4 is 5.32 Å². The second-order valence-corrected chi connectivity index (χ2v) is 8.27. The van der Waals surface area contributed by atoms with Crippen LogP contribution in [0, 0.1) is 5.92 Å². The van der Waals surface area contributed by atoms with Crippen molar-refractivity contribution in [2.75, 3.05) is 32.7 Å². The van der Waals surface area contributed by atoms with E-state index in [4.69, 9.17) is 0 Å². The van der Waals surface area contributed by atoms with Crippen molar-refractivity contribution in [2.24, 2.45) is 5.92 Å². The Kier molecular flexibility index (Phi) is 6.90. The molecule has 0 radical (unpaired) electrons. The van der Waals surface area contributed by atoms with E-state index in [0.29, 0.717) is 12.6 Å². The predicted octanol–water partition coefficient (Wildman–Crippen LogP) is 1.84. The van der Waals surface area contributed by atoms with Gasteiger partial charge in [0.25, 0.3) is 0 Å². The molecule has 1 amide bonds. The molecule has 0 spiro atoms. The lowest BCUT2D eigenvalue weighted by molar-refractivity contribution is -0.127. The minimum Gasteiger partial charge on any atom is -0.355 e. The Bertz CT molecular complexity index is 742. The SMILES string of the molecule is O=C(NCCc1ncc[nH]1)[C@@H]1CCCN(C2CCN(Cc3ccncc3)CC2)C1. The minimum absolute atomic E-state index is 0.121. The number of hydrogen-bond donors (Lipinski definition) is 2. The predicted molar refractivity (Wildman–Crippen MR) is 112 cm³/mol. The molecular formula is C22H32N6O. The normalized spacial score (nSPS) is 21.9. The first-order valence-corrected chi connectivity index (χ1v) is 10.9. The molecule has 4 heterocycles. The van der Waals surface area contributed by atoms with Gasteiger partial charge in [-0.05, 0) is 63.0 Å². The zero-order chi connectivity index (χ0) is 19.9. The van der Waals surface area contributed by atoms with Gasteiger partial charge in [-0.2, -0.15) is 0 Å². The lowest BCUT2D eigenvalue weighted by Crippen LogP contribution is -2.50. The van der Waals surface area contributed by atoms with E-state index in [1.807, 2.05) is 18.6 Å². The van der Waals surface area contributed by atoms with Gasteiger partial charge in [0.2, 0.25) is 5.91 Å². The zero-order valence-corrected chi connectivity index (χ0v) is 17.1. The number of carbonyl (C=O) groups excluding carboxylic acids is 1. The number of rotatable bonds is 7. The largest absolute Gasteiger partial charge is 0.355 e. The Labute approximate surface area is 172 Å². The lowest BCUT2D eigenvalue weighted by Gasteiger charge is -2.42. The first kappa shape index (κ1) is 20.0. The number of nitrogens with zero attached hydrogens (tertiary/aromatic N) is 4. The van der Waals surface area contributed by atoms with Crippen LogP contribution in [0.5, 0.6) is 0 Å². The molecule has 2 aromatic heterocycles. The summed E-state index contributed by atoms with van der Waals surface area (Å²) >= 11 is 0. The van der Waals surface area contributed by atoms with Gasteiger partial charge in [0.05, 0.1) is 5.92 Å². The summed E-state index contributed by atoms with van der Waals surface area (Å²) in [6.07, 6.45) is 12.6. The third-order valence-electron chi connectivity index (χ3n) is 6.27. The second-order valence-electron chi connectivity index (χ2n) is 8.27. The van der Waals surface area contributed by atoms with Gasteiger partial charge in [-0.25, -0.2) is 4.98 Å². The third kappa shape index (κ3) is 5.64. The van der Waals surface area contributed by atoms with Crippen molar-refractivity contribution in [3.05, 3.63) is 48.3 Å². The number of nitrogens with one attached hydrogen (secondary N) is 2. The van der Waals surface area contributed by atoms with Crippen molar-refractivity contribution >= 4 is 5.91 Å².